The average Bonchev–Trinajstić information content (AvgIpc) is 2.84. The molecule has 7 heteroatoms. The fourth-order valence-electron chi connectivity index (χ4n) is 2.66. The highest BCUT2D eigenvalue weighted by molar-refractivity contribution is 5.77. The van der Waals surface area contributed by atoms with Gasteiger partial charge in [-0.25, -0.2) is 4.98 Å². The van der Waals surface area contributed by atoms with Gasteiger partial charge in [-0.1, -0.05) is 13.8 Å². The number of hydrogen-bond acceptors (Lipinski definition) is 3. The highest BCUT2D eigenvalue weighted by Gasteiger charge is 2.47. The molecule has 1 aromatic heterocycles. The van der Waals surface area contributed by atoms with Gasteiger partial charge in [0.1, 0.15) is 5.82 Å². The number of rotatable bonds is 3. The Bertz CT molecular complexity index is 528. The maximum Gasteiger partial charge on any atom is 0.417 e. The van der Waals surface area contributed by atoms with Crippen molar-refractivity contribution in [1.29, 1.82) is 0 Å². The topological polar surface area (TPSA) is 53.4 Å². The van der Waals surface area contributed by atoms with Crippen molar-refractivity contribution in [3.05, 3.63) is 23.9 Å². The number of aromatic nitrogens is 1. The Balaban J connectivity index is 2.20. The maximum absolute atomic E-state index is 12.5. The predicted octanol–water partition coefficient (Wildman–Crippen LogP) is 3.04. The molecule has 1 aliphatic rings. The Morgan fingerprint density at radius 2 is 2.10 bits per heavy atom. The summed E-state index contributed by atoms with van der Waals surface area (Å²) in [4.78, 5) is 17.1. The van der Waals surface area contributed by atoms with Crippen LogP contribution < -0.4 is 4.90 Å². The second kappa shape index (κ2) is 5.20. The van der Waals surface area contributed by atoms with E-state index in [4.69, 9.17) is 0 Å². The first kappa shape index (κ1) is 15.6. The van der Waals surface area contributed by atoms with Crippen molar-refractivity contribution in [2.45, 2.75) is 26.4 Å². The van der Waals surface area contributed by atoms with Crippen molar-refractivity contribution in [1.82, 2.24) is 4.98 Å². The van der Waals surface area contributed by atoms with E-state index in [0.717, 1.165) is 12.3 Å². The number of pyridine rings is 1. The summed E-state index contributed by atoms with van der Waals surface area (Å²) in [7, 11) is 0. The summed E-state index contributed by atoms with van der Waals surface area (Å²) in [5.41, 5.74) is -1.68. The van der Waals surface area contributed by atoms with E-state index in [-0.39, 0.29) is 12.5 Å². The maximum atomic E-state index is 12.5. The molecule has 1 aromatic rings. The molecular weight excluding hydrogens is 285 g/mol. The Morgan fingerprint density at radius 1 is 1.43 bits per heavy atom. The van der Waals surface area contributed by atoms with Gasteiger partial charge in [-0.05, 0) is 24.5 Å². The minimum atomic E-state index is -4.42. The fourth-order valence-corrected chi connectivity index (χ4v) is 2.66. The smallest absolute Gasteiger partial charge is 0.417 e. The molecule has 2 rings (SSSR count). The van der Waals surface area contributed by atoms with Gasteiger partial charge in [0, 0.05) is 19.3 Å². The fraction of sp³-hybridized carbons (Fsp3) is 0.571. The second-order valence-corrected chi connectivity index (χ2v) is 5.69. The van der Waals surface area contributed by atoms with Crippen LogP contribution in [0.4, 0.5) is 19.0 Å². The number of carbonyl (C=O) groups is 1. The van der Waals surface area contributed by atoms with Crippen LogP contribution in [0.25, 0.3) is 0 Å². The van der Waals surface area contributed by atoms with E-state index >= 15 is 0 Å². The van der Waals surface area contributed by atoms with Gasteiger partial charge >= 0.3 is 12.1 Å². The van der Waals surface area contributed by atoms with Crippen LogP contribution in [0.3, 0.4) is 0 Å². The minimum absolute atomic E-state index is 0.0607. The Morgan fingerprint density at radius 3 is 2.48 bits per heavy atom. The molecule has 0 aromatic carbocycles. The second-order valence-electron chi connectivity index (χ2n) is 5.69. The molecule has 0 bridgehead atoms. The van der Waals surface area contributed by atoms with Crippen molar-refractivity contribution in [3.8, 4) is 0 Å². The first-order valence-corrected chi connectivity index (χ1v) is 6.68. The largest absolute Gasteiger partial charge is 0.481 e. The number of carboxylic acids is 1. The lowest BCUT2D eigenvalue weighted by Gasteiger charge is -2.29. The minimum Gasteiger partial charge on any atom is -0.481 e. The lowest BCUT2D eigenvalue weighted by atomic mass is 9.76. The zero-order valence-corrected chi connectivity index (χ0v) is 11.8. The van der Waals surface area contributed by atoms with Crippen molar-refractivity contribution in [2.24, 2.45) is 11.3 Å². The molecule has 0 saturated carbocycles. The lowest BCUT2D eigenvalue weighted by molar-refractivity contribution is -0.150. The number of hydrogen-bond donors (Lipinski definition) is 1. The summed E-state index contributed by atoms with van der Waals surface area (Å²) in [6.07, 6.45) is -3.17. The van der Waals surface area contributed by atoms with E-state index in [2.05, 4.69) is 4.98 Å². The highest BCUT2D eigenvalue weighted by atomic mass is 19.4. The van der Waals surface area contributed by atoms with Gasteiger partial charge in [0.15, 0.2) is 0 Å². The van der Waals surface area contributed by atoms with E-state index in [1.807, 2.05) is 13.8 Å². The standard InChI is InChI=1S/C14H17F3N2O2/c1-9(2)13(12(20)21)5-6-19(8-13)11-4-3-10(7-18-11)14(15,16)17/h3-4,7,9H,5-6,8H2,1-2H3,(H,20,21). The number of carboxylic acid groups (broad SMARTS) is 1. The van der Waals surface area contributed by atoms with E-state index < -0.39 is 23.1 Å². The third-order valence-corrected chi connectivity index (χ3v) is 4.23. The van der Waals surface area contributed by atoms with E-state index in [0.29, 0.717) is 18.8 Å². The summed E-state index contributed by atoms with van der Waals surface area (Å²) in [6.45, 7) is 4.43. The Hall–Kier alpha value is -1.79. The summed E-state index contributed by atoms with van der Waals surface area (Å²) in [5.74, 6) is -0.548. The van der Waals surface area contributed by atoms with Crippen molar-refractivity contribution in [3.63, 3.8) is 0 Å². The zero-order chi connectivity index (χ0) is 15.8. The average molecular weight is 302 g/mol. The number of alkyl halides is 3. The van der Waals surface area contributed by atoms with Gasteiger partial charge in [0.2, 0.25) is 0 Å². The first-order valence-electron chi connectivity index (χ1n) is 6.68. The molecule has 1 N–H and O–H groups in total. The zero-order valence-electron chi connectivity index (χ0n) is 11.8. The number of anilines is 1. The summed E-state index contributed by atoms with van der Waals surface area (Å²) in [5, 5.41) is 9.45. The molecule has 1 saturated heterocycles. The van der Waals surface area contributed by atoms with E-state index in [9.17, 15) is 23.1 Å². The molecule has 1 fully saturated rings. The lowest BCUT2D eigenvalue weighted by Crippen LogP contribution is -2.39. The van der Waals surface area contributed by atoms with Crippen LogP contribution >= 0.6 is 0 Å². The summed E-state index contributed by atoms with van der Waals surface area (Å²) < 4.78 is 37.5. The van der Waals surface area contributed by atoms with Gasteiger partial charge in [-0.2, -0.15) is 13.2 Å². The van der Waals surface area contributed by atoms with Gasteiger partial charge < -0.3 is 10.0 Å². The first-order chi connectivity index (χ1) is 9.67. The van der Waals surface area contributed by atoms with Crippen LogP contribution in [0, 0.1) is 11.3 Å². The van der Waals surface area contributed by atoms with Gasteiger partial charge in [0.05, 0.1) is 11.0 Å². The molecular formula is C14H17F3N2O2. The van der Waals surface area contributed by atoms with Crippen LogP contribution in [0.15, 0.2) is 18.3 Å². The SMILES string of the molecule is CC(C)C1(C(=O)O)CCN(c2ccc(C(F)(F)F)cn2)C1. The third-order valence-electron chi connectivity index (χ3n) is 4.23. The van der Waals surface area contributed by atoms with E-state index in [1.165, 1.54) is 6.07 Å². The van der Waals surface area contributed by atoms with Gasteiger partial charge in [-0.15, -0.1) is 0 Å². The third kappa shape index (κ3) is 2.82. The van der Waals surface area contributed by atoms with Crippen molar-refractivity contribution < 1.29 is 23.1 Å². The van der Waals surface area contributed by atoms with Crippen LogP contribution in [-0.2, 0) is 11.0 Å². The van der Waals surface area contributed by atoms with Gasteiger partial charge in [-0.3, -0.25) is 4.79 Å². The van der Waals surface area contributed by atoms with Crippen molar-refractivity contribution in [2.75, 3.05) is 18.0 Å². The van der Waals surface area contributed by atoms with Gasteiger partial charge in [0.25, 0.3) is 0 Å². The predicted molar refractivity (Wildman–Crippen MR) is 71.0 cm³/mol. The molecule has 4 nitrogen and oxygen atoms in total. The molecule has 0 amide bonds. The van der Waals surface area contributed by atoms with Crippen LogP contribution in [-0.4, -0.2) is 29.1 Å². The Labute approximate surface area is 120 Å². The molecule has 21 heavy (non-hydrogen) atoms. The molecule has 1 unspecified atom stereocenters. The summed E-state index contributed by atoms with van der Waals surface area (Å²) in [6, 6.07) is 2.26. The quantitative estimate of drug-likeness (QED) is 0.932. The Kier molecular flexibility index (Phi) is 3.86. The number of halogens is 3. The normalized spacial score (nSPS) is 22.9. The molecule has 0 spiro atoms. The van der Waals surface area contributed by atoms with Crippen LogP contribution in [0.1, 0.15) is 25.8 Å². The number of aliphatic carboxylic acids is 1. The summed E-state index contributed by atoms with van der Waals surface area (Å²) >= 11 is 0. The van der Waals surface area contributed by atoms with Crippen molar-refractivity contribution >= 4 is 11.8 Å². The molecule has 116 valence electrons. The van der Waals surface area contributed by atoms with Crippen LogP contribution in [0.2, 0.25) is 0 Å². The van der Waals surface area contributed by atoms with E-state index in [1.54, 1.807) is 4.90 Å². The molecule has 1 atom stereocenters. The molecule has 0 radical (unpaired) electrons. The number of nitrogens with zero attached hydrogens (tertiary/aromatic N) is 2. The highest BCUT2D eigenvalue weighted by Crippen LogP contribution is 2.40. The van der Waals surface area contributed by atoms with Crippen LogP contribution in [0.5, 0.6) is 0 Å². The molecule has 2 heterocycles. The monoisotopic (exact) mass is 302 g/mol. The molecule has 0 aliphatic carbocycles. The molecule has 1 aliphatic heterocycles.